The lowest BCUT2D eigenvalue weighted by atomic mass is 9.81. The fraction of sp³-hybridized carbons (Fsp3) is 0.286. The molecule has 0 bridgehead atoms. The Balaban J connectivity index is 1.64. The summed E-state index contributed by atoms with van der Waals surface area (Å²) in [6.07, 6.45) is 1.90. The van der Waals surface area contributed by atoms with Crippen molar-refractivity contribution in [2.45, 2.75) is 24.8 Å². The lowest BCUT2D eigenvalue weighted by Gasteiger charge is -2.36. The van der Waals surface area contributed by atoms with Crippen molar-refractivity contribution in [3.05, 3.63) is 65.7 Å². The number of thioether (sulfide) groups is 1. The van der Waals surface area contributed by atoms with Gasteiger partial charge in [0, 0.05) is 17.0 Å². The zero-order valence-electron chi connectivity index (χ0n) is 15.2. The summed E-state index contributed by atoms with van der Waals surface area (Å²) < 4.78 is 0. The molecule has 144 valence electrons. The quantitative estimate of drug-likeness (QED) is 0.722. The van der Waals surface area contributed by atoms with Gasteiger partial charge in [-0.25, -0.2) is 4.79 Å². The summed E-state index contributed by atoms with van der Waals surface area (Å²) in [6.45, 7) is 0. The van der Waals surface area contributed by atoms with Crippen LogP contribution in [0.25, 0.3) is 0 Å². The van der Waals surface area contributed by atoms with E-state index in [1.807, 2.05) is 42.5 Å². The molecule has 0 aromatic heterocycles. The van der Waals surface area contributed by atoms with Crippen molar-refractivity contribution in [1.82, 2.24) is 5.32 Å². The van der Waals surface area contributed by atoms with E-state index in [0.29, 0.717) is 22.3 Å². The van der Waals surface area contributed by atoms with E-state index in [1.165, 1.54) is 11.8 Å². The molecule has 1 aliphatic carbocycles. The van der Waals surface area contributed by atoms with Crippen LogP contribution in [0.4, 0.5) is 10.5 Å². The van der Waals surface area contributed by atoms with Gasteiger partial charge in [-0.15, -0.1) is 0 Å². The van der Waals surface area contributed by atoms with Gasteiger partial charge in [0.25, 0.3) is 5.91 Å². The number of amidine groups is 1. The molecule has 2 amide bonds. The first-order valence-corrected chi connectivity index (χ1v) is 10.2. The summed E-state index contributed by atoms with van der Waals surface area (Å²) in [6, 6.07) is 16.9. The van der Waals surface area contributed by atoms with Gasteiger partial charge in [0.15, 0.2) is 5.17 Å². The van der Waals surface area contributed by atoms with Gasteiger partial charge >= 0.3 is 6.09 Å². The molecule has 1 fully saturated rings. The fourth-order valence-electron chi connectivity index (χ4n) is 4.08. The maximum atomic E-state index is 12.5. The van der Waals surface area contributed by atoms with Gasteiger partial charge in [-0.1, -0.05) is 48.5 Å². The van der Waals surface area contributed by atoms with Crippen LogP contribution in [0, 0.1) is 5.92 Å². The predicted octanol–water partition coefficient (Wildman–Crippen LogP) is 4.30. The molecule has 1 unspecified atom stereocenters. The second kappa shape index (κ2) is 7.67. The first kappa shape index (κ1) is 18.6. The van der Waals surface area contributed by atoms with Crippen molar-refractivity contribution in [2.75, 3.05) is 11.1 Å². The van der Waals surface area contributed by atoms with Crippen LogP contribution < -0.4 is 10.6 Å². The summed E-state index contributed by atoms with van der Waals surface area (Å²) >= 11 is 1.46. The normalized spacial score (nSPS) is 23.4. The molecule has 2 atom stereocenters. The fourth-order valence-corrected chi connectivity index (χ4v) is 5.27. The number of hydrogen-bond acceptors (Lipinski definition) is 4. The Morgan fingerprint density at radius 1 is 1.11 bits per heavy atom. The average molecular weight is 395 g/mol. The number of nitrogens with one attached hydrogen (secondary N) is 2. The Morgan fingerprint density at radius 2 is 1.93 bits per heavy atom. The van der Waals surface area contributed by atoms with E-state index in [1.54, 1.807) is 12.1 Å². The van der Waals surface area contributed by atoms with E-state index < -0.39 is 11.6 Å². The number of aliphatic imine (C=N–C) groups is 1. The van der Waals surface area contributed by atoms with Crippen molar-refractivity contribution in [2.24, 2.45) is 10.9 Å². The van der Waals surface area contributed by atoms with Gasteiger partial charge < -0.3 is 10.4 Å². The molecule has 2 aliphatic rings. The Hall–Kier alpha value is -2.80. The molecule has 1 heterocycles. The Labute approximate surface area is 167 Å². The van der Waals surface area contributed by atoms with Crippen molar-refractivity contribution in [3.63, 3.8) is 0 Å². The van der Waals surface area contributed by atoms with E-state index in [0.717, 1.165) is 30.6 Å². The molecule has 1 aliphatic heterocycles. The molecule has 28 heavy (non-hydrogen) atoms. The molecule has 7 heteroatoms. The monoisotopic (exact) mass is 395 g/mol. The lowest BCUT2D eigenvalue weighted by molar-refractivity contribution is 0.102. The summed E-state index contributed by atoms with van der Waals surface area (Å²) in [5, 5.41) is 14.9. The van der Waals surface area contributed by atoms with Gasteiger partial charge in [0.2, 0.25) is 0 Å². The molecule has 1 saturated carbocycles. The Morgan fingerprint density at radius 3 is 2.71 bits per heavy atom. The molecular weight excluding hydrogens is 374 g/mol. The van der Waals surface area contributed by atoms with Crippen molar-refractivity contribution < 1.29 is 14.7 Å². The molecule has 0 saturated heterocycles. The van der Waals surface area contributed by atoms with Crippen LogP contribution >= 0.6 is 11.8 Å². The molecule has 0 spiro atoms. The minimum atomic E-state index is -1.10. The van der Waals surface area contributed by atoms with Gasteiger partial charge in [0.05, 0.1) is 5.54 Å². The zero-order valence-corrected chi connectivity index (χ0v) is 16.0. The third-order valence-corrected chi connectivity index (χ3v) is 6.41. The number of benzene rings is 2. The molecule has 4 rings (SSSR count). The van der Waals surface area contributed by atoms with Gasteiger partial charge in [0.1, 0.15) is 0 Å². The number of carbonyl (C=O) groups excluding carboxylic acids is 1. The first-order valence-electron chi connectivity index (χ1n) is 9.26. The summed E-state index contributed by atoms with van der Waals surface area (Å²) in [5.74, 6) is 1.03. The van der Waals surface area contributed by atoms with Gasteiger partial charge in [-0.2, -0.15) is 0 Å². The topological polar surface area (TPSA) is 90.8 Å². The van der Waals surface area contributed by atoms with Crippen LogP contribution in [0.5, 0.6) is 0 Å². The third-order valence-electron chi connectivity index (χ3n) is 5.38. The van der Waals surface area contributed by atoms with E-state index >= 15 is 0 Å². The second-order valence-electron chi connectivity index (χ2n) is 7.07. The van der Waals surface area contributed by atoms with Crippen LogP contribution in [0.3, 0.4) is 0 Å². The maximum Gasteiger partial charge on any atom is 0.410 e. The molecule has 2 aromatic carbocycles. The summed E-state index contributed by atoms with van der Waals surface area (Å²) in [7, 11) is 0. The maximum absolute atomic E-state index is 12.5. The first-order chi connectivity index (χ1) is 13.6. The SMILES string of the molecule is O=C(O)NC1=N[C@@]2(c3cccc(NC(=O)c4ccccc4)c3)CCCC2CS1. The van der Waals surface area contributed by atoms with Crippen LogP contribution in [0.2, 0.25) is 0 Å². The number of nitrogens with zero attached hydrogens (tertiary/aromatic N) is 1. The number of carbonyl (C=O) groups is 2. The van der Waals surface area contributed by atoms with E-state index in [9.17, 15) is 9.59 Å². The number of carboxylic acid groups (broad SMARTS) is 1. The number of hydrogen-bond donors (Lipinski definition) is 3. The Kier molecular flexibility index (Phi) is 5.09. The highest BCUT2D eigenvalue weighted by Gasteiger charge is 2.47. The predicted molar refractivity (Wildman–Crippen MR) is 111 cm³/mol. The van der Waals surface area contributed by atoms with Crippen molar-refractivity contribution >= 4 is 34.6 Å². The van der Waals surface area contributed by atoms with Crippen molar-refractivity contribution in [1.29, 1.82) is 0 Å². The number of rotatable bonds is 3. The third kappa shape index (κ3) is 3.62. The summed E-state index contributed by atoms with van der Waals surface area (Å²) in [5.41, 5.74) is 1.90. The van der Waals surface area contributed by atoms with Crippen LogP contribution in [-0.2, 0) is 5.54 Å². The largest absolute Gasteiger partial charge is 0.465 e. The minimum Gasteiger partial charge on any atom is -0.465 e. The lowest BCUT2D eigenvalue weighted by Crippen LogP contribution is -2.39. The summed E-state index contributed by atoms with van der Waals surface area (Å²) in [4.78, 5) is 28.4. The van der Waals surface area contributed by atoms with Gasteiger partial charge in [-0.05, 0) is 48.6 Å². The second-order valence-corrected chi connectivity index (χ2v) is 8.08. The highest BCUT2D eigenvalue weighted by molar-refractivity contribution is 8.13. The molecule has 2 aromatic rings. The minimum absolute atomic E-state index is 0.158. The highest BCUT2D eigenvalue weighted by Crippen LogP contribution is 2.51. The molecule has 0 radical (unpaired) electrons. The van der Waals surface area contributed by atoms with E-state index in [2.05, 4.69) is 10.6 Å². The van der Waals surface area contributed by atoms with Crippen molar-refractivity contribution in [3.8, 4) is 0 Å². The number of anilines is 1. The average Bonchev–Trinajstić information content (AvgIpc) is 3.13. The van der Waals surface area contributed by atoms with Crippen LogP contribution in [-0.4, -0.2) is 28.0 Å². The highest BCUT2D eigenvalue weighted by atomic mass is 32.2. The molecule has 6 nitrogen and oxygen atoms in total. The van der Waals surface area contributed by atoms with E-state index in [4.69, 9.17) is 10.1 Å². The number of amides is 2. The van der Waals surface area contributed by atoms with Crippen LogP contribution in [0.1, 0.15) is 35.2 Å². The van der Waals surface area contributed by atoms with Gasteiger partial charge in [-0.3, -0.25) is 15.1 Å². The molecular formula is C21H21N3O3S. The van der Waals surface area contributed by atoms with E-state index in [-0.39, 0.29) is 5.91 Å². The number of fused-ring (bicyclic) bond motifs is 1. The standard InChI is InChI=1S/C21H21N3O3S/c25-18(14-6-2-1-3-7-14)22-17-10-4-8-15(12-17)21-11-5-9-16(21)13-28-19(24-21)23-20(26)27/h1-4,6-8,10,12,16H,5,9,11,13H2,(H,22,25)(H,23,24)(H,26,27)/t16?,21-/m1/s1. The zero-order chi connectivity index (χ0) is 19.6. The smallest absolute Gasteiger partial charge is 0.410 e. The molecule has 3 N–H and O–H groups in total. The Bertz CT molecular complexity index is 932. The van der Waals surface area contributed by atoms with Crippen LogP contribution in [0.15, 0.2) is 59.6 Å².